The van der Waals surface area contributed by atoms with E-state index in [9.17, 15) is 14.4 Å². The third-order valence-electron chi connectivity index (χ3n) is 5.47. The highest BCUT2D eigenvalue weighted by Gasteiger charge is 2.47. The van der Waals surface area contributed by atoms with Gasteiger partial charge in [0, 0.05) is 38.7 Å². The van der Waals surface area contributed by atoms with Crippen LogP contribution in [0.3, 0.4) is 0 Å². The van der Waals surface area contributed by atoms with Gasteiger partial charge in [0.1, 0.15) is 0 Å². The van der Waals surface area contributed by atoms with Crippen molar-refractivity contribution in [3.8, 4) is 0 Å². The summed E-state index contributed by atoms with van der Waals surface area (Å²) in [6.07, 6.45) is 3.09. The minimum absolute atomic E-state index is 0.0200. The predicted octanol–water partition coefficient (Wildman–Crippen LogP) is 1.72. The molecule has 3 amide bonds. The largest absolute Gasteiger partial charge is 0.353 e. The Kier molecular flexibility index (Phi) is 5.11. The lowest BCUT2D eigenvalue weighted by Gasteiger charge is -2.47. The first-order chi connectivity index (χ1) is 12.5. The number of hydrogen-bond acceptors (Lipinski definition) is 3. The molecule has 0 spiro atoms. The van der Waals surface area contributed by atoms with Crippen LogP contribution in [0.25, 0.3) is 0 Å². The number of rotatable bonds is 5. The van der Waals surface area contributed by atoms with E-state index in [1.165, 1.54) is 0 Å². The molecule has 0 saturated carbocycles. The monoisotopic (exact) mass is 355 g/mol. The quantitative estimate of drug-likeness (QED) is 0.818. The second-order valence-electron chi connectivity index (χ2n) is 7.05. The first-order valence-corrected chi connectivity index (χ1v) is 9.00. The summed E-state index contributed by atoms with van der Waals surface area (Å²) in [5.74, 6) is -0.0796. The maximum Gasteiger partial charge on any atom is 0.254 e. The van der Waals surface area contributed by atoms with Gasteiger partial charge in [-0.3, -0.25) is 14.4 Å². The van der Waals surface area contributed by atoms with Crippen LogP contribution in [-0.4, -0.2) is 52.7 Å². The molecule has 1 aromatic carbocycles. The molecule has 0 unspecified atom stereocenters. The highest BCUT2D eigenvalue weighted by atomic mass is 16.2. The maximum atomic E-state index is 13.0. The van der Waals surface area contributed by atoms with Crippen molar-refractivity contribution in [3.05, 3.63) is 48.0 Å². The Labute approximate surface area is 153 Å². The van der Waals surface area contributed by atoms with Crippen LogP contribution in [0.5, 0.6) is 0 Å². The molecule has 2 aliphatic rings. The Balaban J connectivity index is 1.85. The third kappa shape index (κ3) is 3.36. The van der Waals surface area contributed by atoms with E-state index in [4.69, 9.17) is 0 Å². The molecule has 1 N–H and O–H groups in total. The molecule has 6 nitrogen and oxygen atoms in total. The molecule has 0 atom stereocenters. The summed E-state index contributed by atoms with van der Waals surface area (Å²) in [5, 5.41) is 2.82. The molecule has 1 fully saturated rings. The first-order valence-electron chi connectivity index (χ1n) is 9.00. The molecule has 0 aliphatic carbocycles. The number of carbonyl (C=O) groups is 3. The summed E-state index contributed by atoms with van der Waals surface area (Å²) >= 11 is 0. The molecule has 1 saturated heterocycles. The van der Waals surface area contributed by atoms with E-state index in [0.717, 1.165) is 5.56 Å². The van der Waals surface area contributed by atoms with Gasteiger partial charge in [0.05, 0.1) is 12.0 Å². The van der Waals surface area contributed by atoms with E-state index < -0.39 is 5.54 Å². The van der Waals surface area contributed by atoms with E-state index in [0.29, 0.717) is 44.6 Å². The van der Waals surface area contributed by atoms with Gasteiger partial charge in [-0.15, -0.1) is 6.58 Å². The zero-order valence-corrected chi connectivity index (χ0v) is 15.2. The fraction of sp³-hybridized carbons (Fsp3) is 0.450. The van der Waals surface area contributed by atoms with E-state index >= 15 is 0 Å². The summed E-state index contributed by atoms with van der Waals surface area (Å²) < 4.78 is 0. The van der Waals surface area contributed by atoms with Crippen molar-refractivity contribution in [2.75, 3.05) is 19.6 Å². The van der Waals surface area contributed by atoms with Crippen molar-refractivity contribution in [2.24, 2.45) is 0 Å². The Morgan fingerprint density at radius 2 is 1.96 bits per heavy atom. The van der Waals surface area contributed by atoms with Gasteiger partial charge in [0.2, 0.25) is 11.8 Å². The standard InChI is InChI=1S/C20H25N3O3/c1-3-10-21-18(25)13-20(8-11-22(12-9-20)15(2)24)23-14-16-6-4-5-7-17(16)19(23)26/h3-7H,1,8-14H2,2H3,(H,21,25). The molecule has 0 radical (unpaired) electrons. The molecular formula is C20H25N3O3. The van der Waals surface area contributed by atoms with E-state index in [2.05, 4.69) is 11.9 Å². The molecule has 138 valence electrons. The molecule has 2 aliphatic heterocycles. The van der Waals surface area contributed by atoms with Gasteiger partial charge in [-0.25, -0.2) is 0 Å². The van der Waals surface area contributed by atoms with Crippen molar-refractivity contribution in [1.29, 1.82) is 0 Å². The molecule has 3 rings (SSSR count). The lowest BCUT2D eigenvalue weighted by Crippen LogP contribution is -2.57. The molecule has 6 heteroatoms. The van der Waals surface area contributed by atoms with Gasteiger partial charge in [-0.1, -0.05) is 24.3 Å². The summed E-state index contributed by atoms with van der Waals surface area (Å²) in [7, 11) is 0. The zero-order valence-electron chi connectivity index (χ0n) is 15.2. The Morgan fingerprint density at radius 3 is 2.58 bits per heavy atom. The summed E-state index contributed by atoms with van der Waals surface area (Å²) in [4.78, 5) is 40.8. The Morgan fingerprint density at radius 1 is 1.27 bits per heavy atom. The van der Waals surface area contributed by atoms with Gasteiger partial charge < -0.3 is 15.1 Å². The van der Waals surface area contributed by atoms with Crippen LogP contribution in [0.15, 0.2) is 36.9 Å². The molecule has 26 heavy (non-hydrogen) atoms. The van der Waals surface area contributed by atoms with Crippen molar-refractivity contribution < 1.29 is 14.4 Å². The van der Waals surface area contributed by atoms with Gasteiger partial charge in [0.25, 0.3) is 5.91 Å². The number of nitrogens with one attached hydrogen (secondary N) is 1. The van der Waals surface area contributed by atoms with Crippen molar-refractivity contribution >= 4 is 17.7 Å². The molecule has 1 aromatic rings. The van der Waals surface area contributed by atoms with Crippen LogP contribution in [-0.2, 0) is 16.1 Å². The van der Waals surface area contributed by atoms with Crippen LogP contribution in [0.4, 0.5) is 0 Å². The molecule has 0 bridgehead atoms. The van der Waals surface area contributed by atoms with Crippen molar-refractivity contribution in [3.63, 3.8) is 0 Å². The van der Waals surface area contributed by atoms with Gasteiger partial charge in [-0.05, 0) is 24.5 Å². The number of fused-ring (bicyclic) bond motifs is 1. The number of carbonyl (C=O) groups excluding carboxylic acids is 3. The van der Waals surface area contributed by atoms with E-state index in [1.807, 2.05) is 29.2 Å². The minimum atomic E-state index is -0.562. The van der Waals surface area contributed by atoms with Crippen LogP contribution >= 0.6 is 0 Å². The number of hydrogen-bond donors (Lipinski definition) is 1. The zero-order chi connectivity index (χ0) is 18.7. The van der Waals surface area contributed by atoms with E-state index in [-0.39, 0.29) is 24.1 Å². The lowest BCUT2D eigenvalue weighted by atomic mass is 9.82. The van der Waals surface area contributed by atoms with E-state index in [1.54, 1.807) is 17.9 Å². The summed E-state index contributed by atoms with van der Waals surface area (Å²) in [6, 6.07) is 7.59. The van der Waals surface area contributed by atoms with Gasteiger partial charge >= 0.3 is 0 Å². The van der Waals surface area contributed by atoms with Gasteiger partial charge in [-0.2, -0.15) is 0 Å². The molecular weight excluding hydrogens is 330 g/mol. The smallest absolute Gasteiger partial charge is 0.254 e. The lowest BCUT2D eigenvalue weighted by molar-refractivity contribution is -0.132. The number of piperidine rings is 1. The highest BCUT2D eigenvalue weighted by molar-refractivity contribution is 5.99. The number of amides is 3. The second kappa shape index (κ2) is 7.32. The van der Waals surface area contributed by atoms with Crippen molar-refractivity contribution in [1.82, 2.24) is 15.1 Å². The summed E-state index contributed by atoms with van der Waals surface area (Å²) in [6.45, 7) is 7.22. The number of benzene rings is 1. The number of likely N-dealkylation sites (tertiary alicyclic amines) is 1. The van der Waals surface area contributed by atoms with Crippen LogP contribution in [0.2, 0.25) is 0 Å². The second-order valence-corrected chi connectivity index (χ2v) is 7.05. The van der Waals surface area contributed by atoms with Gasteiger partial charge in [0.15, 0.2) is 0 Å². The van der Waals surface area contributed by atoms with Crippen LogP contribution < -0.4 is 5.32 Å². The first kappa shape index (κ1) is 18.2. The molecule has 2 heterocycles. The van der Waals surface area contributed by atoms with Crippen LogP contribution in [0.1, 0.15) is 42.1 Å². The highest BCUT2D eigenvalue weighted by Crippen LogP contribution is 2.38. The fourth-order valence-corrected chi connectivity index (χ4v) is 3.96. The normalized spacial score (nSPS) is 18.4. The van der Waals surface area contributed by atoms with Crippen LogP contribution in [0, 0.1) is 0 Å². The topological polar surface area (TPSA) is 69.7 Å². The fourth-order valence-electron chi connectivity index (χ4n) is 3.96. The van der Waals surface area contributed by atoms with Crippen molar-refractivity contribution in [2.45, 2.75) is 38.3 Å². The average molecular weight is 355 g/mol. The predicted molar refractivity (Wildman–Crippen MR) is 98.4 cm³/mol. The summed E-state index contributed by atoms with van der Waals surface area (Å²) in [5.41, 5.74) is 1.15. The Bertz CT molecular complexity index is 736. The number of nitrogens with zero attached hydrogens (tertiary/aromatic N) is 2. The average Bonchev–Trinajstić information content (AvgIpc) is 2.98. The molecule has 0 aromatic heterocycles. The third-order valence-corrected chi connectivity index (χ3v) is 5.47. The SMILES string of the molecule is C=CCNC(=O)CC1(N2Cc3ccccc3C2=O)CCN(C(C)=O)CC1. The minimum Gasteiger partial charge on any atom is -0.353 e. The Hall–Kier alpha value is -2.63. The maximum absolute atomic E-state index is 13.0.